The van der Waals surface area contributed by atoms with Crippen LogP contribution in [0.3, 0.4) is 0 Å². The Bertz CT molecular complexity index is 412. The number of hydrogen-bond donors (Lipinski definition) is 0. The molecule has 0 aromatic heterocycles. The van der Waals surface area contributed by atoms with Crippen molar-refractivity contribution in [2.24, 2.45) is 5.41 Å². The van der Waals surface area contributed by atoms with Crippen LogP contribution in [0.1, 0.15) is 19.4 Å². The molecule has 0 heterocycles. The third-order valence-electron chi connectivity index (χ3n) is 2.07. The molecule has 0 unspecified atom stereocenters. The highest BCUT2D eigenvalue weighted by Crippen LogP contribution is 2.24. The van der Waals surface area contributed by atoms with E-state index in [4.69, 9.17) is 10.00 Å². The van der Waals surface area contributed by atoms with Crippen LogP contribution in [0.2, 0.25) is 0 Å². The molecule has 4 heteroatoms. The van der Waals surface area contributed by atoms with E-state index in [1.807, 2.05) is 13.8 Å². The Morgan fingerprint density at radius 1 is 1.50 bits per heavy atom. The fraction of sp³-hybridized carbons (Fsp3) is 0.417. The monoisotopic (exact) mass is 285 g/mol. The lowest BCUT2D eigenvalue weighted by atomic mass is 9.98. The molecule has 0 atom stereocenters. The molecular formula is C12H13BrFNO. The molecule has 0 spiro atoms. The van der Waals surface area contributed by atoms with E-state index >= 15 is 0 Å². The van der Waals surface area contributed by atoms with Crippen molar-refractivity contribution >= 4 is 15.9 Å². The van der Waals surface area contributed by atoms with Gasteiger partial charge >= 0.3 is 0 Å². The molecule has 0 radical (unpaired) electrons. The van der Waals surface area contributed by atoms with Crippen LogP contribution in [0, 0.1) is 22.6 Å². The first-order chi connectivity index (χ1) is 7.50. The Morgan fingerprint density at radius 3 is 2.75 bits per heavy atom. The van der Waals surface area contributed by atoms with Gasteiger partial charge in [0, 0.05) is 10.7 Å². The van der Waals surface area contributed by atoms with Gasteiger partial charge in [-0.3, -0.25) is 0 Å². The van der Waals surface area contributed by atoms with Gasteiger partial charge in [-0.05, 0) is 12.1 Å². The van der Waals surface area contributed by atoms with Crippen molar-refractivity contribution < 1.29 is 9.13 Å². The van der Waals surface area contributed by atoms with Gasteiger partial charge < -0.3 is 4.74 Å². The molecule has 0 fully saturated rings. The third kappa shape index (κ3) is 3.21. The summed E-state index contributed by atoms with van der Waals surface area (Å²) < 4.78 is 18.7. The predicted octanol–water partition coefficient (Wildman–Crippen LogP) is 3.50. The highest BCUT2D eigenvalue weighted by atomic mass is 79.9. The minimum Gasteiger partial charge on any atom is -0.492 e. The largest absolute Gasteiger partial charge is 0.492 e. The van der Waals surface area contributed by atoms with Crippen molar-refractivity contribution in [2.75, 3.05) is 11.9 Å². The average Bonchev–Trinajstić information content (AvgIpc) is 2.26. The smallest absolute Gasteiger partial charge is 0.144 e. The van der Waals surface area contributed by atoms with Gasteiger partial charge in [0.15, 0.2) is 0 Å². The number of hydrogen-bond acceptors (Lipinski definition) is 2. The summed E-state index contributed by atoms with van der Waals surface area (Å²) in [6, 6.07) is 6.19. The fourth-order valence-electron chi connectivity index (χ4n) is 1.04. The molecule has 2 nitrogen and oxygen atoms in total. The quantitative estimate of drug-likeness (QED) is 0.794. The van der Waals surface area contributed by atoms with Crippen LogP contribution in [-0.4, -0.2) is 11.9 Å². The molecule has 0 aliphatic carbocycles. The lowest BCUT2D eigenvalue weighted by Crippen LogP contribution is -2.23. The summed E-state index contributed by atoms with van der Waals surface area (Å²) in [6.45, 7) is 4.47. The van der Waals surface area contributed by atoms with Gasteiger partial charge in [-0.25, -0.2) is 4.39 Å². The first-order valence-corrected chi connectivity index (χ1v) is 6.00. The normalized spacial score (nSPS) is 10.9. The van der Waals surface area contributed by atoms with Crippen molar-refractivity contribution in [1.29, 1.82) is 5.26 Å². The maximum absolute atomic E-state index is 13.2. The van der Waals surface area contributed by atoms with E-state index in [9.17, 15) is 4.39 Å². The second kappa shape index (κ2) is 5.31. The van der Waals surface area contributed by atoms with Gasteiger partial charge in [-0.2, -0.15) is 5.26 Å². The number of ether oxygens (including phenoxy) is 1. The molecule has 0 N–H and O–H groups in total. The maximum atomic E-state index is 13.2. The predicted molar refractivity (Wildman–Crippen MR) is 64.2 cm³/mol. The molecule has 1 aromatic carbocycles. The number of halogens is 2. The molecule has 86 valence electrons. The molecular weight excluding hydrogens is 273 g/mol. The van der Waals surface area contributed by atoms with E-state index in [-0.39, 0.29) is 11.0 Å². The Labute approximate surface area is 103 Å². The minimum absolute atomic E-state index is 0.0344. The molecule has 0 aliphatic heterocycles. The third-order valence-corrected chi connectivity index (χ3v) is 3.59. The van der Waals surface area contributed by atoms with Crippen LogP contribution >= 0.6 is 15.9 Å². The first kappa shape index (κ1) is 13.0. The van der Waals surface area contributed by atoms with Crippen molar-refractivity contribution in [3.63, 3.8) is 0 Å². The number of benzene rings is 1. The van der Waals surface area contributed by atoms with Crippen LogP contribution in [0.15, 0.2) is 18.2 Å². The van der Waals surface area contributed by atoms with E-state index < -0.39 is 5.82 Å². The Balaban J connectivity index is 2.83. The molecule has 16 heavy (non-hydrogen) atoms. The van der Waals surface area contributed by atoms with Gasteiger partial charge in [0.25, 0.3) is 0 Å². The lowest BCUT2D eigenvalue weighted by Gasteiger charge is -2.22. The zero-order valence-electron chi connectivity index (χ0n) is 9.26. The number of nitrogens with zero attached hydrogens (tertiary/aromatic N) is 1. The standard InChI is InChI=1S/C12H13BrFNO/c1-12(2,7-13)8-16-11-5-3-4-10(14)9(11)6-15/h3-5H,7-8H2,1-2H3. The Morgan fingerprint density at radius 2 is 2.19 bits per heavy atom. The summed E-state index contributed by atoms with van der Waals surface area (Å²) in [6.07, 6.45) is 0. The highest BCUT2D eigenvalue weighted by molar-refractivity contribution is 9.09. The molecule has 1 rings (SSSR count). The number of rotatable bonds is 4. The summed E-state index contributed by atoms with van der Waals surface area (Å²) in [7, 11) is 0. The van der Waals surface area contributed by atoms with E-state index in [2.05, 4.69) is 15.9 Å². The van der Waals surface area contributed by atoms with Gasteiger partial charge in [0.2, 0.25) is 0 Å². The molecule has 0 saturated carbocycles. The van der Waals surface area contributed by atoms with E-state index in [0.717, 1.165) is 5.33 Å². The van der Waals surface area contributed by atoms with E-state index in [0.29, 0.717) is 12.4 Å². The first-order valence-electron chi connectivity index (χ1n) is 4.87. The summed E-state index contributed by atoms with van der Waals surface area (Å²) in [5, 5.41) is 9.58. The number of nitriles is 1. The fourth-order valence-corrected chi connectivity index (χ4v) is 1.21. The highest BCUT2D eigenvalue weighted by Gasteiger charge is 2.18. The Kier molecular flexibility index (Phi) is 4.31. The average molecular weight is 286 g/mol. The van der Waals surface area contributed by atoms with Crippen LogP contribution in [0.25, 0.3) is 0 Å². The zero-order chi connectivity index (χ0) is 12.2. The maximum Gasteiger partial charge on any atom is 0.144 e. The second-order valence-corrected chi connectivity index (χ2v) is 4.87. The summed E-state index contributed by atoms with van der Waals surface area (Å²) in [4.78, 5) is 0. The zero-order valence-corrected chi connectivity index (χ0v) is 10.8. The van der Waals surface area contributed by atoms with Crippen molar-refractivity contribution in [2.45, 2.75) is 13.8 Å². The topological polar surface area (TPSA) is 33.0 Å². The number of alkyl halides is 1. The van der Waals surface area contributed by atoms with Gasteiger partial charge in [0.1, 0.15) is 23.2 Å². The van der Waals surface area contributed by atoms with Crippen LogP contribution in [0.5, 0.6) is 5.75 Å². The molecule has 0 amide bonds. The van der Waals surface area contributed by atoms with Gasteiger partial charge in [-0.1, -0.05) is 35.8 Å². The van der Waals surface area contributed by atoms with Crippen LogP contribution in [-0.2, 0) is 0 Å². The second-order valence-electron chi connectivity index (χ2n) is 4.31. The molecule has 0 aliphatic rings. The van der Waals surface area contributed by atoms with Crippen LogP contribution < -0.4 is 4.74 Å². The molecule has 0 saturated heterocycles. The molecule has 1 aromatic rings. The summed E-state index contributed by atoms with van der Waals surface area (Å²) in [5.41, 5.74) is -0.0909. The minimum atomic E-state index is -0.545. The van der Waals surface area contributed by atoms with E-state index in [1.165, 1.54) is 12.1 Å². The summed E-state index contributed by atoms with van der Waals surface area (Å²) in [5.74, 6) is -0.242. The van der Waals surface area contributed by atoms with Crippen molar-refractivity contribution in [3.05, 3.63) is 29.6 Å². The van der Waals surface area contributed by atoms with Crippen molar-refractivity contribution in [1.82, 2.24) is 0 Å². The van der Waals surface area contributed by atoms with Crippen molar-refractivity contribution in [3.8, 4) is 11.8 Å². The SMILES string of the molecule is CC(C)(CBr)COc1cccc(F)c1C#N. The summed E-state index contributed by atoms with van der Waals surface area (Å²) >= 11 is 3.38. The lowest BCUT2D eigenvalue weighted by molar-refractivity contribution is 0.202. The Hall–Kier alpha value is -1.08. The van der Waals surface area contributed by atoms with Crippen LogP contribution in [0.4, 0.5) is 4.39 Å². The van der Waals surface area contributed by atoms with E-state index in [1.54, 1.807) is 12.1 Å². The van der Waals surface area contributed by atoms with Gasteiger partial charge in [0.05, 0.1) is 6.61 Å². The molecule has 0 bridgehead atoms. The van der Waals surface area contributed by atoms with Gasteiger partial charge in [-0.15, -0.1) is 0 Å².